The monoisotopic (exact) mass is 250 g/mol. The fourth-order valence-electron chi connectivity index (χ4n) is 1.16. The van der Waals surface area contributed by atoms with Gasteiger partial charge in [0.25, 0.3) is 0 Å². The third-order valence-electron chi connectivity index (χ3n) is 1.96. The van der Waals surface area contributed by atoms with E-state index in [-0.39, 0.29) is 6.61 Å². The van der Waals surface area contributed by atoms with Crippen LogP contribution in [0.4, 0.5) is 0 Å². The predicted molar refractivity (Wildman–Crippen MR) is 66.7 cm³/mol. The molecule has 1 atom stereocenters. The molecule has 16 heavy (non-hydrogen) atoms. The average molecular weight is 250 g/mol. The summed E-state index contributed by atoms with van der Waals surface area (Å²) in [6.07, 6.45) is -0.790. The molecule has 82 valence electrons. The zero-order valence-electron chi connectivity index (χ0n) is 8.38. The normalized spacial score (nSPS) is 11.9. The third-order valence-corrected chi connectivity index (χ3v) is 3.85. The number of hydrogen-bond donors (Lipinski definition) is 2. The molecule has 2 aromatic rings. The molecule has 2 rings (SSSR count). The van der Waals surface area contributed by atoms with Crippen LogP contribution in [-0.2, 0) is 0 Å². The molecular formula is C12H10O2S2. The minimum absolute atomic E-state index is 0.252. The van der Waals surface area contributed by atoms with Crippen molar-refractivity contribution >= 4 is 22.7 Å². The van der Waals surface area contributed by atoms with Crippen LogP contribution in [0, 0.1) is 11.8 Å². The Bertz CT molecular complexity index is 503. The maximum Gasteiger partial charge on any atom is 0.111 e. The quantitative estimate of drug-likeness (QED) is 0.802. The van der Waals surface area contributed by atoms with Gasteiger partial charge in [-0.15, -0.1) is 22.7 Å². The van der Waals surface area contributed by atoms with Gasteiger partial charge in [0.1, 0.15) is 6.10 Å². The summed E-state index contributed by atoms with van der Waals surface area (Å²) in [6, 6.07) is 7.59. The molecule has 0 unspecified atom stereocenters. The van der Waals surface area contributed by atoms with E-state index in [4.69, 9.17) is 5.11 Å². The van der Waals surface area contributed by atoms with Crippen molar-refractivity contribution in [3.8, 4) is 11.8 Å². The van der Waals surface area contributed by atoms with E-state index in [0.717, 1.165) is 14.6 Å². The number of thiophene rings is 2. The van der Waals surface area contributed by atoms with Gasteiger partial charge in [0.05, 0.1) is 16.4 Å². The second kappa shape index (κ2) is 5.28. The first-order chi connectivity index (χ1) is 7.79. The standard InChI is InChI=1S/C12H10O2S2/c13-8-11(14)12-6-5-10(16-12)4-3-9-2-1-7-15-9/h1-2,5-7,11,13-14H,8H2/t11-/m0/s1. The van der Waals surface area contributed by atoms with Crippen LogP contribution in [0.15, 0.2) is 29.6 Å². The van der Waals surface area contributed by atoms with Gasteiger partial charge in [-0.2, -0.15) is 0 Å². The molecule has 2 heterocycles. The Morgan fingerprint density at radius 3 is 2.69 bits per heavy atom. The lowest BCUT2D eigenvalue weighted by molar-refractivity contribution is 0.0984. The van der Waals surface area contributed by atoms with Crippen LogP contribution < -0.4 is 0 Å². The molecule has 0 aliphatic carbocycles. The predicted octanol–water partition coefficient (Wildman–Crippen LogP) is 2.24. The smallest absolute Gasteiger partial charge is 0.111 e. The maximum atomic E-state index is 9.41. The second-order valence-electron chi connectivity index (χ2n) is 3.13. The van der Waals surface area contributed by atoms with Crippen LogP contribution in [0.3, 0.4) is 0 Å². The van der Waals surface area contributed by atoms with Crippen LogP contribution in [0.5, 0.6) is 0 Å². The van der Waals surface area contributed by atoms with Gasteiger partial charge >= 0.3 is 0 Å². The summed E-state index contributed by atoms with van der Waals surface area (Å²) in [5.41, 5.74) is 0. The SMILES string of the molecule is OC[C@H](O)c1ccc(C#Cc2cccs2)s1. The number of hydrogen-bond acceptors (Lipinski definition) is 4. The lowest BCUT2D eigenvalue weighted by atomic mass is 10.3. The van der Waals surface area contributed by atoms with Crippen molar-refractivity contribution in [2.75, 3.05) is 6.61 Å². The largest absolute Gasteiger partial charge is 0.393 e. The highest BCUT2D eigenvalue weighted by Crippen LogP contribution is 2.22. The van der Waals surface area contributed by atoms with E-state index in [0.29, 0.717) is 0 Å². The Labute approximate surface area is 102 Å². The summed E-state index contributed by atoms with van der Waals surface area (Å²) in [5.74, 6) is 6.08. The number of aliphatic hydroxyl groups excluding tert-OH is 2. The van der Waals surface area contributed by atoms with Crippen molar-refractivity contribution in [1.82, 2.24) is 0 Å². The lowest BCUT2D eigenvalue weighted by Crippen LogP contribution is -1.98. The van der Waals surface area contributed by atoms with Crippen molar-refractivity contribution in [2.24, 2.45) is 0 Å². The molecule has 0 saturated carbocycles. The molecule has 0 spiro atoms. The Kier molecular flexibility index (Phi) is 3.75. The van der Waals surface area contributed by atoms with E-state index >= 15 is 0 Å². The van der Waals surface area contributed by atoms with Crippen molar-refractivity contribution in [2.45, 2.75) is 6.10 Å². The fraction of sp³-hybridized carbons (Fsp3) is 0.167. The zero-order chi connectivity index (χ0) is 11.4. The van der Waals surface area contributed by atoms with Crippen LogP contribution in [0.25, 0.3) is 0 Å². The molecule has 0 amide bonds. The minimum atomic E-state index is -0.790. The van der Waals surface area contributed by atoms with E-state index in [2.05, 4.69) is 11.8 Å². The van der Waals surface area contributed by atoms with Crippen molar-refractivity contribution in [3.05, 3.63) is 44.3 Å². The molecule has 0 bridgehead atoms. The Morgan fingerprint density at radius 2 is 2.00 bits per heavy atom. The van der Waals surface area contributed by atoms with Gasteiger partial charge < -0.3 is 10.2 Å². The van der Waals surface area contributed by atoms with Gasteiger partial charge in [0.2, 0.25) is 0 Å². The van der Waals surface area contributed by atoms with Gasteiger partial charge in [-0.3, -0.25) is 0 Å². The maximum absolute atomic E-state index is 9.41. The molecule has 0 radical (unpaired) electrons. The minimum Gasteiger partial charge on any atom is -0.393 e. The molecule has 0 aromatic carbocycles. The molecule has 2 N–H and O–H groups in total. The summed E-state index contributed by atoms with van der Waals surface area (Å²) in [7, 11) is 0. The summed E-state index contributed by atoms with van der Waals surface area (Å²) in [4.78, 5) is 2.67. The first kappa shape index (κ1) is 11.4. The Balaban J connectivity index is 2.14. The number of rotatable bonds is 2. The van der Waals surface area contributed by atoms with E-state index in [1.54, 1.807) is 17.4 Å². The first-order valence-corrected chi connectivity index (χ1v) is 6.43. The highest BCUT2D eigenvalue weighted by molar-refractivity contribution is 7.12. The molecule has 0 aliphatic heterocycles. The van der Waals surface area contributed by atoms with Crippen LogP contribution in [0.2, 0.25) is 0 Å². The van der Waals surface area contributed by atoms with Crippen LogP contribution >= 0.6 is 22.7 Å². The second-order valence-corrected chi connectivity index (χ2v) is 5.19. The van der Waals surface area contributed by atoms with E-state index < -0.39 is 6.10 Å². The van der Waals surface area contributed by atoms with E-state index in [1.807, 2.05) is 23.6 Å². The summed E-state index contributed by atoms with van der Waals surface area (Å²) in [6.45, 7) is -0.252. The topological polar surface area (TPSA) is 40.5 Å². The highest BCUT2D eigenvalue weighted by atomic mass is 32.1. The van der Waals surface area contributed by atoms with Gasteiger partial charge in [-0.25, -0.2) is 0 Å². The molecule has 2 aromatic heterocycles. The summed E-state index contributed by atoms with van der Waals surface area (Å²) in [5, 5.41) is 20.2. The van der Waals surface area contributed by atoms with Crippen molar-refractivity contribution in [1.29, 1.82) is 0 Å². The zero-order valence-corrected chi connectivity index (χ0v) is 10.0. The molecule has 0 saturated heterocycles. The average Bonchev–Trinajstić information content (AvgIpc) is 2.96. The van der Waals surface area contributed by atoms with Crippen molar-refractivity contribution < 1.29 is 10.2 Å². The molecule has 4 heteroatoms. The van der Waals surface area contributed by atoms with E-state index in [1.165, 1.54) is 11.3 Å². The van der Waals surface area contributed by atoms with Gasteiger partial charge in [0, 0.05) is 4.88 Å². The third kappa shape index (κ3) is 2.71. The Hall–Kier alpha value is -1.12. The molecule has 2 nitrogen and oxygen atoms in total. The van der Waals surface area contributed by atoms with Gasteiger partial charge in [0.15, 0.2) is 0 Å². The highest BCUT2D eigenvalue weighted by Gasteiger charge is 2.07. The van der Waals surface area contributed by atoms with Gasteiger partial charge in [-0.05, 0) is 35.4 Å². The van der Waals surface area contributed by atoms with E-state index in [9.17, 15) is 5.11 Å². The number of aliphatic hydroxyl groups is 2. The van der Waals surface area contributed by atoms with Gasteiger partial charge in [-0.1, -0.05) is 6.07 Å². The summed E-state index contributed by atoms with van der Waals surface area (Å²) >= 11 is 3.01. The molecule has 0 fully saturated rings. The first-order valence-electron chi connectivity index (χ1n) is 4.74. The van der Waals surface area contributed by atoms with Crippen molar-refractivity contribution in [3.63, 3.8) is 0 Å². The summed E-state index contributed by atoms with van der Waals surface area (Å²) < 4.78 is 0. The lowest BCUT2D eigenvalue weighted by Gasteiger charge is -2.00. The molecule has 0 aliphatic rings. The Morgan fingerprint density at radius 1 is 1.19 bits per heavy atom. The molecular weight excluding hydrogens is 240 g/mol. The van der Waals surface area contributed by atoms with Crippen LogP contribution in [0.1, 0.15) is 20.7 Å². The van der Waals surface area contributed by atoms with Crippen LogP contribution in [-0.4, -0.2) is 16.8 Å². The fourth-order valence-corrected chi connectivity index (χ4v) is 2.57.